The molecule has 2 unspecified atom stereocenters. The van der Waals surface area contributed by atoms with Gasteiger partial charge in [0, 0.05) is 61.6 Å². The third-order valence-corrected chi connectivity index (χ3v) is 11.8. The SMILES string of the molecule is Cc1c(Cl)cc(C(=O)O)c(Cl)c1-c1c2c3ccccc3c(=N)c(C(C)CC(C)(C)C)c-2oc2c3c(c4ccccc4c12)N(C)C(C)(C)CC3C. The van der Waals surface area contributed by atoms with Crippen LogP contribution in [-0.4, -0.2) is 23.7 Å². The third kappa shape index (κ3) is 5.11. The van der Waals surface area contributed by atoms with E-state index in [0.717, 1.165) is 73.3 Å². The zero-order chi connectivity index (χ0) is 36.2. The van der Waals surface area contributed by atoms with Crippen LogP contribution in [0.1, 0.15) is 100 Å². The maximum atomic E-state index is 12.7. The number of nitrogens with one attached hydrogen (secondary N) is 1. The summed E-state index contributed by atoms with van der Waals surface area (Å²) in [7, 11) is 2.16. The van der Waals surface area contributed by atoms with Crippen molar-refractivity contribution in [2.75, 3.05) is 11.9 Å². The lowest BCUT2D eigenvalue weighted by Crippen LogP contribution is -2.45. The van der Waals surface area contributed by atoms with Crippen LogP contribution in [0.2, 0.25) is 10.0 Å². The van der Waals surface area contributed by atoms with Gasteiger partial charge in [-0.1, -0.05) is 106 Å². The molecule has 50 heavy (non-hydrogen) atoms. The minimum Gasteiger partial charge on any atom is -0.478 e. The van der Waals surface area contributed by atoms with Crippen molar-refractivity contribution in [3.8, 4) is 22.5 Å². The molecule has 7 heteroatoms. The van der Waals surface area contributed by atoms with E-state index in [-0.39, 0.29) is 33.4 Å². The molecule has 0 radical (unpaired) electrons. The van der Waals surface area contributed by atoms with E-state index in [2.05, 4.69) is 78.6 Å². The topological polar surface area (TPSA) is 77.5 Å². The van der Waals surface area contributed by atoms with Crippen molar-refractivity contribution in [3.05, 3.63) is 92.3 Å². The van der Waals surface area contributed by atoms with Crippen molar-refractivity contribution >= 4 is 67.4 Å². The maximum Gasteiger partial charge on any atom is 0.337 e. The van der Waals surface area contributed by atoms with E-state index < -0.39 is 5.97 Å². The summed E-state index contributed by atoms with van der Waals surface area (Å²) in [4.78, 5) is 15.1. The Morgan fingerprint density at radius 3 is 2.24 bits per heavy atom. The summed E-state index contributed by atoms with van der Waals surface area (Å²) < 4.78 is 7.41. The fourth-order valence-corrected chi connectivity index (χ4v) is 9.38. The lowest BCUT2D eigenvalue weighted by Gasteiger charge is -2.46. The summed E-state index contributed by atoms with van der Waals surface area (Å²) in [6, 6.07) is 17.8. The molecule has 2 heterocycles. The summed E-state index contributed by atoms with van der Waals surface area (Å²) >= 11 is 14.2. The molecule has 2 aliphatic heterocycles. The first-order chi connectivity index (χ1) is 23.4. The van der Waals surface area contributed by atoms with Gasteiger partial charge in [0.05, 0.1) is 21.6 Å². The Kier molecular flexibility index (Phi) is 8.08. The van der Waals surface area contributed by atoms with Crippen LogP contribution in [0.4, 0.5) is 5.69 Å². The second-order valence-electron chi connectivity index (χ2n) is 16.2. The molecule has 2 N–H and O–H groups in total. The Labute approximate surface area is 303 Å². The van der Waals surface area contributed by atoms with Crippen molar-refractivity contribution in [2.45, 2.75) is 85.6 Å². The highest BCUT2D eigenvalue weighted by molar-refractivity contribution is 6.40. The van der Waals surface area contributed by atoms with E-state index in [1.807, 2.05) is 37.3 Å². The second kappa shape index (κ2) is 11.7. The Morgan fingerprint density at radius 2 is 1.62 bits per heavy atom. The van der Waals surface area contributed by atoms with Gasteiger partial charge in [-0.2, -0.15) is 0 Å². The highest BCUT2D eigenvalue weighted by Gasteiger charge is 2.40. The number of hydrogen-bond donors (Lipinski definition) is 2. The number of carboxylic acids is 1. The molecule has 2 atom stereocenters. The first-order valence-electron chi connectivity index (χ1n) is 17.3. The molecule has 0 bridgehead atoms. The van der Waals surface area contributed by atoms with Gasteiger partial charge in [-0.05, 0) is 73.3 Å². The molecule has 0 spiro atoms. The van der Waals surface area contributed by atoms with Gasteiger partial charge in [0.25, 0.3) is 0 Å². The minimum absolute atomic E-state index is 0.00901. The summed E-state index contributed by atoms with van der Waals surface area (Å²) in [6.07, 6.45) is 1.74. The fraction of sp³-hybridized carbons (Fsp3) is 0.349. The molecule has 1 aliphatic carbocycles. The number of fused-ring (bicyclic) bond motifs is 9. The smallest absolute Gasteiger partial charge is 0.337 e. The average molecular weight is 708 g/mol. The number of carbonyl (C=O) groups is 1. The fourth-order valence-electron chi connectivity index (χ4n) is 8.81. The molecule has 258 valence electrons. The summed E-state index contributed by atoms with van der Waals surface area (Å²) in [5.41, 5.74) is 6.49. The van der Waals surface area contributed by atoms with E-state index >= 15 is 0 Å². The van der Waals surface area contributed by atoms with Gasteiger partial charge in [-0.25, -0.2) is 4.79 Å². The van der Waals surface area contributed by atoms with Crippen LogP contribution in [0.5, 0.6) is 0 Å². The van der Waals surface area contributed by atoms with Crippen LogP contribution in [0.3, 0.4) is 0 Å². The normalized spacial score (nSPS) is 16.8. The molecular weight excluding hydrogens is 663 g/mol. The summed E-state index contributed by atoms with van der Waals surface area (Å²) in [5.74, 6) is -0.402. The zero-order valence-corrected chi connectivity index (χ0v) is 31.7. The van der Waals surface area contributed by atoms with Crippen LogP contribution in [0.15, 0.2) is 59.0 Å². The number of anilines is 1. The molecule has 0 saturated heterocycles. The van der Waals surface area contributed by atoms with Gasteiger partial charge >= 0.3 is 5.97 Å². The van der Waals surface area contributed by atoms with Gasteiger partial charge in [0.2, 0.25) is 0 Å². The molecule has 7 rings (SSSR count). The highest BCUT2D eigenvalue weighted by Crippen LogP contribution is 2.57. The molecule has 0 amide bonds. The molecule has 5 nitrogen and oxygen atoms in total. The van der Waals surface area contributed by atoms with E-state index in [1.165, 1.54) is 6.07 Å². The number of nitrogens with zero attached hydrogens (tertiary/aromatic N) is 1. The lowest BCUT2D eigenvalue weighted by atomic mass is 9.75. The van der Waals surface area contributed by atoms with Crippen LogP contribution < -0.4 is 10.3 Å². The Balaban J connectivity index is 1.86. The first-order valence-corrected chi connectivity index (χ1v) is 18.1. The molecule has 4 aromatic carbocycles. The number of aromatic carboxylic acids is 1. The van der Waals surface area contributed by atoms with E-state index in [0.29, 0.717) is 27.3 Å². The third-order valence-electron chi connectivity index (χ3n) is 11.0. The second-order valence-corrected chi connectivity index (χ2v) is 17.0. The number of benzene rings is 5. The molecule has 0 aromatic heterocycles. The summed E-state index contributed by atoms with van der Waals surface area (Å²) in [5, 5.41) is 25.5. The standard InChI is InChI=1S/C43H44Cl2N2O3/c1-21(19-42(4,5)6)30-37(46)26-16-12-10-14-24(26)33-35(32-23(3)29(44)18-28(36(32)45)41(48)49)34-25-15-11-13-17-27(25)38-31(40(34)50-39(30)33)22(2)20-43(7,8)47(38)9/h10-18,21-22,46H,19-20H2,1-9H3,(H,48,49). The van der Waals surface area contributed by atoms with E-state index in [1.54, 1.807) is 0 Å². The Morgan fingerprint density at radius 1 is 1.02 bits per heavy atom. The van der Waals surface area contributed by atoms with Crippen molar-refractivity contribution in [1.82, 2.24) is 0 Å². The number of carboxylic acid groups (broad SMARTS) is 1. The van der Waals surface area contributed by atoms with Crippen molar-refractivity contribution < 1.29 is 14.3 Å². The van der Waals surface area contributed by atoms with Crippen LogP contribution >= 0.6 is 23.2 Å². The monoisotopic (exact) mass is 706 g/mol. The molecule has 0 fully saturated rings. The average Bonchev–Trinajstić information content (AvgIpc) is 3.03. The van der Waals surface area contributed by atoms with Crippen LogP contribution in [0.25, 0.3) is 55.0 Å². The molecule has 0 saturated carbocycles. The van der Waals surface area contributed by atoms with Gasteiger partial charge < -0.3 is 14.4 Å². The highest BCUT2D eigenvalue weighted by atomic mass is 35.5. The largest absolute Gasteiger partial charge is 0.478 e. The Bertz CT molecular complexity index is 2440. The van der Waals surface area contributed by atoms with Crippen LogP contribution in [-0.2, 0) is 0 Å². The van der Waals surface area contributed by atoms with Crippen LogP contribution in [0, 0.1) is 17.7 Å². The van der Waals surface area contributed by atoms with Crippen molar-refractivity contribution in [1.29, 1.82) is 5.41 Å². The maximum absolute atomic E-state index is 12.7. The Hall–Kier alpha value is -4.06. The summed E-state index contributed by atoms with van der Waals surface area (Å²) in [6.45, 7) is 17.6. The van der Waals surface area contributed by atoms with E-state index in [4.69, 9.17) is 27.6 Å². The quantitative estimate of drug-likeness (QED) is 0.141. The molecule has 3 aliphatic rings. The number of halogens is 2. The minimum atomic E-state index is -1.15. The first kappa shape index (κ1) is 34.4. The molecular formula is C43H44Cl2N2O3. The zero-order valence-electron chi connectivity index (χ0n) is 30.2. The van der Waals surface area contributed by atoms with Gasteiger partial charge in [-0.3, -0.25) is 5.41 Å². The van der Waals surface area contributed by atoms with Gasteiger partial charge in [0.1, 0.15) is 11.3 Å². The van der Waals surface area contributed by atoms with Gasteiger partial charge in [-0.15, -0.1) is 0 Å². The van der Waals surface area contributed by atoms with Gasteiger partial charge in [0.15, 0.2) is 0 Å². The predicted octanol–water partition coefficient (Wildman–Crippen LogP) is 12.6. The lowest BCUT2D eigenvalue weighted by molar-refractivity contribution is 0.0697. The predicted molar refractivity (Wildman–Crippen MR) is 209 cm³/mol. The van der Waals surface area contributed by atoms with Crippen molar-refractivity contribution in [3.63, 3.8) is 0 Å². The number of hydrogen-bond acceptors (Lipinski definition) is 4. The number of rotatable bonds is 4. The molecule has 4 aromatic rings. The van der Waals surface area contributed by atoms with Crippen molar-refractivity contribution in [2.24, 2.45) is 5.41 Å². The van der Waals surface area contributed by atoms with E-state index in [9.17, 15) is 15.3 Å².